The van der Waals surface area contributed by atoms with Gasteiger partial charge >= 0.3 is 6.01 Å². The number of carbonyl (C=O) groups is 1. The molecule has 120 valence electrons. The molecule has 6 heteroatoms. The van der Waals surface area contributed by atoms with Crippen molar-refractivity contribution in [2.75, 3.05) is 7.11 Å². The molecule has 1 fully saturated rings. The SMILES string of the molecule is COc1ncc(C(=O)NC(c2ccc(F)c(C)c2)C2CC2)cn1. The van der Waals surface area contributed by atoms with E-state index in [1.165, 1.54) is 25.6 Å². The van der Waals surface area contributed by atoms with Gasteiger partial charge in [0, 0.05) is 12.4 Å². The molecular weight excluding hydrogens is 297 g/mol. The molecule has 1 N–H and O–H groups in total. The zero-order chi connectivity index (χ0) is 16.4. The number of carbonyl (C=O) groups excluding carboxylic acids is 1. The molecule has 1 amide bonds. The Labute approximate surface area is 133 Å². The van der Waals surface area contributed by atoms with E-state index in [4.69, 9.17) is 4.74 Å². The van der Waals surface area contributed by atoms with Gasteiger partial charge in [-0.15, -0.1) is 0 Å². The highest BCUT2D eigenvalue weighted by molar-refractivity contribution is 5.93. The van der Waals surface area contributed by atoms with Crippen LogP contribution in [0.1, 0.15) is 40.4 Å². The predicted octanol–water partition coefficient (Wildman–Crippen LogP) is 2.81. The van der Waals surface area contributed by atoms with Crippen LogP contribution in [0.3, 0.4) is 0 Å². The van der Waals surface area contributed by atoms with E-state index in [-0.39, 0.29) is 23.8 Å². The average Bonchev–Trinajstić information content (AvgIpc) is 3.40. The van der Waals surface area contributed by atoms with Gasteiger partial charge in [0.2, 0.25) is 0 Å². The van der Waals surface area contributed by atoms with Crippen molar-refractivity contribution in [2.24, 2.45) is 5.92 Å². The van der Waals surface area contributed by atoms with Crippen LogP contribution in [0.5, 0.6) is 6.01 Å². The largest absolute Gasteiger partial charge is 0.467 e. The van der Waals surface area contributed by atoms with Crippen LogP contribution in [0.4, 0.5) is 4.39 Å². The average molecular weight is 315 g/mol. The van der Waals surface area contributed by atoms with E-state index in [2.05, 4.69) is 15.3 Å². The number of aryl methyl sites for hydroxylation is 1. The number of nitrogens with zero attached hydrogens (tertiary/aromatic N) is 2. The minimum atomic E-state index is -0.244. The maximum atomic E-state index is 13.5. The topological polar surface area (TPSA) is 64.1 Å². The number of benzene rings is 1. The van der Waals surface area contributed by atoms with Crippen molar-refractivity contribution in [3.63, 3.8) is 0 Å². The number of halogens is 1. The van der Waals surface area contributed by atoms with Gasteiger partial charge in [0.25, 0.3) is 5.91 Å². The Kier molecular flexibility index (Phi) is 4.23. The molecule has 0 bridgehead atoms. The number of nitrogens with one attached hydrogen (secondary N) is 1. The molecule has 1 aromatic heterocycles. The molecule has 2 aromatic rings. The first-order valence-electron chi connectivity index (χ1n) is 7.51. The monoisotopic (exact) mass is 315 g/mol. The van der Waals surface area contributed by atoms with Gasteiger partial charge in [-0.05, 0) is 42.9 Å². The standard InChI is InChI=1S/C17H18FN3O2/c1-10-7-12(5-6-14(10)18)15(11-3-4-11)21-16(22)13-8-19-17(23-2)20-9-13/h5-9,11,15H,3-4H2,1-2H3,(H,21,22). The van der Waals surface area contributed by atoms with E-state index < -0.39 is 0 Å². The van der Waals surface area contributed by atoms with Crippen molar-refractivity contribution in [2.45, 2.75) is 25.8 Å². The number of hydrogen-bond donors (Lipinski definition) is 1. The number of hydrogen-bond acceptors (Lipinski definition) is 4. The van der Waals surface area contributed by atoms with Crippen molar-refractivity contribution < 1.29 is 13.9 Å². The number of aromatic nitrogens is 2. The van der Waals surface area contributed by atoms with Crippen LogP contribution in [-0.2, 0) is 0 Å². The van der Waals surface area contributed by atoms with Crippen LogP contribution in [0, 0.1) is 18.7 Å². The first-order valence-corrected chi connectivity index (χ1v) is 7.51. The molecule has 3 rings (SSSR count). The van der Waals surface area contributed by atoms with Crippen molar-refractivity contribution in [1.82, 2.24) is 15.3 Å². The van der Waals surface area contributed by atoms with Crippen molar-refractivity contribution in [3.05, 3.63) is 53.1 Å². The lowest BCUT2D eigenvalue weighted by atomic mass is 10.00. The Morgan fingerprint density at radius 3 is 2.61 bits per heavy atom. The highest BCUT2D eigenvalue weighted by atomic mass is 19.1. The predicted molar refractivity (Wildman–Crippen MR) is 82.7 cm³/mol. The van der Waals surface area contributed by atoms with Gasteiger partial charge in [0.1, 0.15) is 5.82 Å². The molecule has 1 aliphatic rings. The minimum Gasteiger partial charge on any atom is -0.467 e. The molecular formula is C17H18FN3O2. The number of rotatable bonds is 5. The van der Waals surface area contributed by atoms with Crippen molar-refractivity contribution in [3.8, 4) is 6.01 Å². The van der Waals surface area contributed by atoms with E-state index in [1.807, 2.05) is 0 Å². The van der Waals surface area contributed by atoms with E-state index >= 15 is 0 Å². The lowest BCUT2D eigenvalue weighted by molar-refractivity contribution is 0.0930. The third-order valence-corrected chi connectivity index (χ3v) is 3.99. The molecule has 1 aliphatic carbocycles. The Morgan fingerprint density at radius 1 is 1.35 bits per heavy atom. The molecule has 1 aromatic carbocycles. The van der Waals surface area contributed by atoms with E-state index in [0.717, 1.165) is 18.4 Å². The van der Waals surface area contributed by atoms with Crippen LogP contribution in [0.2, 0.25) is 0 Å². The molecule has 23 heavy (non-hydrogen) atoms. The van der Waals surface area contributed by atoms with Crippen LogP contribution >= 0.6 is 0 Å². The smallest absolute Gasteiger partial charge is 0.316 e. The van der Waals surface area contributed by atoms with E-state index in [9.17, 15) is 9.18 Å². The summed E-state index contributed by atoms with van der Waals surface area (Å²) in [4.78, 5) is 20.3. The van der Waals surface area contributed by atoms with Gasteiger partial charge in [-0.3, -0.25) is 4.79 Å². The summed E-state index contributed by atoms with van der Waals surface area (Å²) in [6, 6.07) is 5.07. The molecule has 1 atom stereocenters. The van der Waals surface area contributed by atoms with Crippen LogP contribution < -0.4 is 10.1 Å². The Hall–Kier alpha value is -2.50. The quantitative estimate of drug-likeness (QED) is 0.921. The second-order valence-electron chi connectivity index (χ2n) is 5.76. The van der Waals surface area contributed by atoms with Gasteiger partial charge in [0.15, 0.2) is 0 Å². The maximum Gasteiger partial charge on any atom is 0.316 e. The zero-order valence-electron chi connectivity index (χ0n) is 13.0. The minimum absolute atomic E-state index is 0.121. The third-order valence-electron chi connectivity index (χ3n) is 3.99. The van der Waals surface area contributed by atoms with Crippen LogP contribution in [0.15, 0.2) is 30.6 Å². The summed E-state index contributed by atoms with van der Waals surface area (Å²) >= 11 is 0. The fourth-order valence-electron chi connectivity index (χ4n) is 2.53. The first-order chi connectivity index (χ1) is 11.1. The molecule has 0 spiro atoms. The first kappa shape index (κ1) is 15.4. The molecule has 0 radical (unpaired) electrons. The highest BCUT2D eigenvalue weighted by Crippen LogP contribution is 2.41. The number of methoxy groups -OCH3 is 1. The summed E-state index contributed by atoms with van der Waals surface area (Å²) < 4.78 is 18.3. The van der Waals surface area contributed by atoms with Crippen molar-refractivity contribution >= 4 is 5.91 Å². The highest BCUT2D eigenvalue weighted by Gasteiger charge is 2.33. The van der Waals surface area contributed by atoms with Gasteiger partial charge < -0.3 is 10.1 Å². The van der Waals surface area contributed by atoms with Gasteiger partial charge in [0.05, 0.1) is 18.7 Å². The summed E-state index contributed by atoms with van der Waals surface area (Å²) in [7, 11) is 1.47. The zero-order valence-corrected chi connectivity index (χ0v) is 13.0. The summed E-state index contributed by atoms with van der Waals surface area (Å²) in [5.41, 5.74) is 1.87. The number of amides is 1. The van der Waals surface area contributed by atoms with E-state index in [0.29, 0.717) is 17.0 Å². The lowest BCUT2D eigenvalue weighted by Gasteiger charge is -2.19. The molecule has 5 nitrogen and oxygen atoms in total. The van der Waals surface area contributed by atoms with Crippen molar-refractivity contribution in [1.29, 1.82) is 0 Å². The second kappa shape index (κ2) is 6.32. The van der Waals surface area contributed by atoms with Crippen LogP contribution in [-0.4, -0.2) is 23.0 Å². The molecule has 0 aliphatic heterocycles. The fourth-order valence-corrected chi connectivity index (χ4v) is 2.53. The summed E-state index contributed by atoms with van der Waals surface area (Å²) in [6.07, 6.45) is 4.98. The van der Waals surface area contributed by atoms with Gasteiger partial charge in [-0.2, -0.15) is 0 Å². The van der Waals surface area contributed by atoms with Gasteiger partial charge in [-0.1, -0.05) is 12.1 Å². The van der Waals surface area contributed by atoms with E-state index in [1.54, 1.807) is 19.1 Å². The Balaban J connectivity index is 1.78. The maximum absolute atomic E-state index is 13.5. The summed E-state index contributed by atoms with van der Waals surface area (Å²) in [5.74, 6) is -0.0901. The molecule has 1 saturated carbocycles. The Morgan fingerprint density at radius 2 is 2.04 bits per heavy atom. The normalized spacial score (nSPS) is 15.1. The summed E-state index contributed by atoms with van der Waals surface area (Å²) in [5, 5.41) is 3.01. The molecule has 1 unspecified atom stereocenters. The third kappa shape index (κ3) is 3.47. The summed E-state index contributed by atoms with van der Waals surface area (Å²) in [6.45, 7) is 1.72. The second-order valence-corrected chi connectivity index (χ2v) is 5.76. The van der Waals surface area contributed by atoms with Gasteiger partial charge in [-0.25, -0.2) is 14.4 Å². The lowest BCUT2D eigenvalue weighted by Crippen LogP contribution is -2.30. The van der Waals surface area contributed by atoms with Crippen LogP contribution in [0.25, 0.3) is 0 Å². The number of ether oxygens (including phenoxy) is 1. The fraction of sp³-hybridized carbons (Fsp3) is 0.353. The Bertz CT molecular complexity index is 714. The molecule has 0 saturated heterocycles. The molecule has 1 heterocycles.